The molecule has 2 amide bonds. The Kier molecular flexibility index (Phi) is 6.99. The molecule has 1 aromatic rings. The number of amidine groups is 1. The van der Waals surface area contributed by atoms with Gasteiger partial charge in [0.15, 0.2) is 16.7 Å². The highest BCUT2D eigenvalue weighted by atomic mass is 32.2. The van der Waals surface area contributed by atoms with Crippen molar-refractivity contribution in [1.29, 1.82) is 0 Å². The molecule has 31 heavy (non-hydrogen) atoms. The lowest BCUT2D eigenvalue weighted by Crippen LogP contribution is -2.44. The Morgan fingerprint density at radius 2 is 1.84 bits per heavy atom. The molecule has 2 heterocycles. The first-order valence-electron chi connectivity index (χ1n) is 10.2. The van der Waals surface area contributed by atoms with E-state index >= 15 is 0 Å². The topological polar surface area (TPSA) is 121 Å². The van der Waals surface area contributed by atoms with E-state index in [1.807, 2.05) is 39.2 Å². The third-order valence-corrected chi connectivity index (χ3v) is 5.56. The Balaban J connectivity index is 1.62. The summed E-state index contributed by atoms with van der Waals surface area (Å²) < 4.78 is 5.47. The van der Waals surface area contributed by atoms with Crippen LogP contribution in [0, 0.1) is 0 Å². The minimum atomic E-state index is -0.604. The number of hydrogen-bond acceptors (Lipinski definition) is 8. The predicted molar refractivity (Wildman–Crippen MR) is 123 cm³/mol. The molecule has 3 rings (SSSR count). The second kappa shape index (κ2) is 9.51. The molecule has 0 saturated carbocycles. The van der Waals surface area contributed by atoms with Gasteiger partial charge in [0.25, 0.3) is 5.91 Å². The zero-order chi connectivity index (χ0) is 22.6. The van der Waals surface area contributed by atoms with Gasteiger partial charge in [-0.3, -0.25) is 15.6 Å². The Morgan fingerprint density at radius 3 is 2.39 bits per heavy atom. The number of benzene rings is 1. The third-order valence-electron chi connectivity index (χ3n) is 4.98. The first-order chi connectivity index (χ1) is 14.7. The van der Waals surface area contributed by atoms with Crippen molar-refractivity contribution in [3.63, 3.8) is 0 Å². The van der Waals surface area contributed by atoms with Gasteiger partial charge in [0, 0.05) is 18.8 Å². The number of primary amides is 1. The highest BCUT2D eigenvalue weighted by molar-refractivity contribution is 8.13. The molecular formula is C21H30N6O3S. The van der Waals surface area contributed by atoms with Crippen molar-refractivity contribution in [3.8, 4) is 0 Å². The van der Waals surface area contributed by atoms with Crippen LogP contribution in [0.25, 0.3) is 0 Å². The van der Waals surface area contributed by atoms with Crippen LogP contribution in [-0.4, -0.2) is 47.0 Å². The third kappa shape index (κ3) is 6.06. The Hall–Kier alpha value is -2.88. The summed E-state index contributed by atoms with van der Waals surface area (Å²) in [4.78, 5) is 30.1. The summed E-state index contributed by atoms with van der Waals surface area (Å²) >= 11 is 1.41. The van der Waals surface area contributed by atoms with Crippen LogP contribution < -0.4 is 21.9 Å². The van der Waals surface area contributed by atoms with Gasteiger partial charge in [0.2, 0.25) is 0 Å². The first kappa shape index (κ1) is 22.8. The number of hydrazine groups is 1. The number of amides is 2. The number of aliphatic imine (C=N–C) groups is 1. The fourth-order valence-corrected chi connectivity index (χ4v) is 3.76. The molecule has 0 bridgehead atoms. The molecule has 168 valence electrons. The minimum absolute atomic E-state index is 0.177. The van der Waals surface area contributed by atoms with Crippen LogP contribution in [0.15, 0.2) is 40.8 Å². The molecule has 0 aromatic heterocycles. The van der Waals surface area contributed by atoms with Gasteiger partial charge in [-0.1, -0.05) is 23.9 Å². The van der Waals surface area contributed by atoms with E-state index in [-0.39, 0.29) is 11.8 Å². The first-order valence-corrected chi connectivity index (χ1v) is 11.4. The number of piperidine rings is 1. The monoisotopic (exact) mass is 446 g/mol. The van der Waals surface area contributed by atoms with Crippen molar-refractivity contribution in [2.45, 2.75) is 45.1 Å². The van der Waals surface area contributed by atoms with E-state index in [1.165, 1.54) is 17.3 Å². The quantitative estimate of drug-likeness (QED) is 0.561. The van der Waals surface area contributed by atoms with E-state index in [0.717, 1.165) is 18.5 Å². The molecule has 0 radical (unpaired) electrons. The lowest BCUT2D eigenvalue weighted by molar-refractivity contribution is -0.115. The second-order valence-corrected chi connectivity index (χ2v) is 9.24. The van der Waals surface area contributed by atoms with Crippen LogP contribution in [0.3, 0.4) is 0 Å². The van der Waals surface area contributed by atoms with Crippen LogP contribution in [0.4, 0.5) is 10.5 Å². The van der Waals surface area contributed by atoms with E-state index in [0.29, 0.717) is 30.0 Å². The van der Waals surface area contributed by atoms with Crippen LogP contribution in [0.1, 0.15) is 45.1 Å². The maximum atomic E-state index is 12.2. The number of carbonyl (C=O) groups excluding carboxylic acids is 2. The van der Waals surface area contributed by atoms with Crippen molar-refractivity contribution in [2.24, 2.45) is 10.7 Å². The highest BCUT2D eigenvalue weighted by Gasteiger charge is 2.27. The summed E-state index contributed by atoms with van der Waals surface area (Å²) in [7, 11) is 0. The van der Waals surface area contributed by atoms with Crippen LogP contribution in [-0.2, 0) is 9.53 Å². The summed E-state index contributed by atoms with van der Waals surface area (Å²) in [6.07, 6.45) is 3.41. The number of thioether (sulfide) groups is 1. The maximum Gasteiger partial charge on any atom is 0.410 e. The molecule has 9 nitrogen and oxygen atoms in total. The van der Waals surface area contributed by atoms with Crippen LogP contribution in [0.5, 0.6) is 0 Å². The summed E-state index contributed by atoms with van der Waals surface area (Å²) in [5.74, 6) is 0.149. The van der Waals surface area contributed by atoms with E-state index in [9.17, 15) is 9.59 Å². The Morgan fingerprint density at radius 1 is 1.19 bits per heavy atom. The van der Waals surface area contributed by atoms with Gasteiger partial charge in [-0.15, -0.1) is 0 Å². The molecule has 5 N–H and O–H groups in total. The Labute approximate surface area is 186 Å². The fourth-order valence-electron chi connectivity index (χ4n) is 3.42. The molecule has 0 spiro atoms. The molecular weight excluding hydrogens is 416 g/mol. The lowest BCUT2D eigenvalue weighted by atomic mass is 9.89. The smallest absolute Gasteiger partial charge is 0.410 e. The van der Waals surface area contributed by atoms with E-state index < -0.39 is 11.5 Å². The molecule has 1 aromatic carbocycles. The average Bonchev–Trinajstić information content (AvgIpc) is 2.73. The lowest BCUT2D eigenvalue weighted by Gasteiger charge is -2.33. The van der Waals surface area contributed by atoms with E-state index in [2.05, 4.69) is 33.3 Å². The minimum Gasteiger partial charge on any atom is -0.444 e. The number of carbonyl (C=O) groups is 2. The van der Waals surface area contributed by atoms with Gasteiger partial charge in [-0.25, -0.2) is 9.79 Å². The molecule has 2 aliphatic rings. The molecule has 1 fully saturated rings. The second-order valence-electron chi connectivity index (χ2n) is 8.45. The summed E-state index contributed by atoms with van der Waals surface area (Å²) in [6.45, 7) is 6.99. The predicted octanol–water partition coefficient (Wildman–Crippen LogP) is 2.69. The largest absolute Gasteiger partial charge is 0.444 e. The molecule has 0 atom stereocenters. The van der Waals surface area contributed by atoms with Crippen molar-refractivity contribution in [1.82, 2.24) is 15.8 Å². The molecule has 1 saturated heterocycles. The number of hydrogen-bond donors (Lipinski definition) is 4. The molecule has 0 aliphatic carbocycles. The van der Waals surface area contributed by atoms with Gasteiger partial charge < -0.3 is 20.7 Å². The normalized spacial score (nSPS) is 17.4. The standard InChI is InChI=1S/C21H30N6O3S/c1-21(2,3)30-20(29)27-11-9-14(10-12-27)13-5-7-15(8-6-13)23-18-16(17(22)28)25-26-19(24-18)31-4/h5-8,14,23,25H,9-12H2,1-4H3,(H2,22,28)(H,24,26). The van der Waals surface area contributed by atoms with Gasteiger partial charge in [0.05, 0.1) is 0 Å². The fraction of sp³-hybridized carbons (Fsp3) is 0.476. The van der Waals surface area contributed by atoms with Crippen LogP contribution >= 0.6 is 11.8 Å². The number of rotatable bonds is 4. The zero-order valence-corrected chi connectivity index (χ0v) is 19.1. The molecule has 0 unspecified atom stereocenters. The van der Waals surface area contributed by atoms with Crippen molar-refractivity contribution in [3.05, 3.63) is 41.3 Å². The highest BCUT2D eigenvalue weighted by Crippen LogP contribution is 2.30. The maximum absolute atomic E-state index is 12.2. The molecule has 10 heteroatoms. The van der Waals surface area contributed by atoms with Crippen molar-refractivity contribution in [2.75, 3.05) is 24.7 Å². The van der Waals surface area contributed by atoms with Gasteiger partial charge in [-0.2, -0.15) is 0 Å². The average molecular weight is 447 g/mol. The van der Waals surface area contributed by atoms with E-state index in [1.54, 1.807) is 4.90 Å². The number of ether oxygens (including phenoxy) is 1. The van der Waals surface area contributed by atoms with Gasteiger partial charge >= 0.3 is 6.09 Å². The van der Waals surface area contributed by atoms with E-state index in [4.69, 9.17) is 10.5 Å². The summed E-state index contributed by atoms with van der Waals surface area (Å²) in [5, 5.41) is 3.78. The SMILES string of the molecule is CSC1=NC(Nc2ccc(C3CCN(C(=O)OC(C)(C)C)CC3)cc2)=C(C(N)=O)NN1. The molecule has 2 aliphatic heterocycles. The number of nitrogens with two attached hydrogens (primary N) is 1. The van der Waals surface area contributed by atoms with Gasteiger partial charge in [-0.05, 0) is 63.5 Å². The van der Waals surface area contributed by atoms with Gasteiger partial charge in [0.1, 0.15) is 5.60 Å². The Bertz CT molecular complexity index is 883. The van der Waals surface area contributed by atoms with Crippen molar-refractivity contribution >= 4 is 34.6 Å². The van der Waals surface area contributed by atoms with Crippen LogP contribution in [0.2, 0.25) is 0 Å². The summed E-state index contributed by atoms with van der Waals surface area (Å²) in [6, 6.07) is 8.04. The number of nitrogens with one attached hydrogen (secondary N) is 3. The van der Waals surface area contributed by atoms with Crippen molar-refractivity contribution < 1.29 is 14.3 Å². The summed E-state index contributed by atoms with van der Waals surface area (Å²) in [5.41, 5.74) is 12.7. The number of likely N-dealkylation sites (tertiary alicyclic amines) is 1. The zero-order valence-electron chi connectivity index (χ0n) is 18.3. The number of nitrogens with zero attached hydrogens (tertiary/aromatic N) is 2. The number of anilines is 1.